The second-order valence-electron chi connectivity index (χ2n) is 7.60. The molecule has 2 heterocycles. The lowest BCUT2D eigenvalue weighted by atomic mass is 9.75. The summed E-state index contributed by atoms with van der Waals surface area (Å²) in [7, 11) is 3.75. The number of nitrogens with zero attached hydrogens (tertiary/aromatic N) is 3. The number of aromatic nitrogens is 1. The van der Waals surface area contributed by atoms with Gasteiger partial charge in [0.15, 0.2) is 0 Å². The number of hydrogen-bond donors (Lipinski definition) is 2. The molecule has 1 aliphatic carbocycles. The van der Waals surface area contributed by atoms with Crippen molar-refractivity contribution in [2.24, 2.45) is 5.92 Å². The SMILES string of the molecule is CCC1CCC2(CC1)NC(=O)N(CC(=O)Nc1ccc(N(C)C)nc1)C2=O. The second-order valence-corrected chi connectivity index (χ2v) is 7.60. The van der Waals surface area contributed by atoms with Crippen LogP contribution in [0.3, 0.4) is 0 Å². The number of rotatable bonds is 5. The zero-order chi connectivity index (χ0) is 19.6. The van der Waals surface area contributed by atoms with Crippen LogP contribution in [0.4, 0.5) is 16.3 Å². The first-order valence-electron chi connectivity index (χ1n) is 9.42. The predicted octanol–water partition coefficient (Wildman–Crippen LogP) is 1.98. The van der Waals surface area contributed by atoms with Gasteiger partial charge in [-0.2, -0.15) is 0 Å². The minimum absolute atomic E-state index is 0.279. The molecule has 3 rings (SSSR count). The fourth-order valence-corrected chi connectivity index (χ4v) is 3.81. The Balaban J connectivity index is 1.61. The van der Waals surface area contributed by atoms with Gasteiger partial charge in [-0.05, 0) is 43.7 Å². The number of carbonyl (C=O) groups excluding carboxylic acids is 3. The van der Waals surface area contributed by atoms with E-state index in [1.54, 1.807) is 18.3 Å². The summed E-state index contributed by atoms with van der Waals surface area (Å²) in [4.78, 5) is 44.6. The van der Waals surface area contributed by atoms with E-state index < -0.39 is 17.5 Å². The van der Waals surface area contributed by atoms with Crippen molar-refractivity contribution in [3.63, 3.8) is 0 Å². The molecule has 146 valence electrons. The highest BCUT2D eigenvalue weighted by Gasteiger charge is 2.52. The van der Waals surface area contributed by atoms with E-state index in [4.69, 9.17) is 0 Å². The van der Waals surface area contributed by atoms with Crippen LogP contribution in [0.15, 0.2) is 18.3 Å². The van der Waals surface area contributed by atoms with Crippen LogP contribution < -0.4 is 15.5 Å². The van der Waals surface area contributed by atoms with Crippen LogP contribution in [-0.2, 0) is 9.59 Å². The van der Waals surface area contributed by atoms with Crippen LogP contribution in [0.1, 0.15) is 39.0 Å². The van der Waals surface area contributed by atoms with Crippen molar-refractivity contribution in [3.8, 4) is 0 Å². The Morgan fingerprint density at radius 1 is 1.33 bits per heavy atom. The molecule has 2 N–H and O–H groups in total. The van der Waals surface area contributed by atoms with Gasteiger partial charge in [0, 0.05) is 14.1 Å². The Bertz CT molecular complexity index is 723. The van der Waals surface area contributed by atoms with E-state index in [1.807, 2.05) is 19.0 Å². The number of carbonyl (C=O) groups is 3. The molecule has 0 aromatic carbocycles. The Hall–Kier alpha value is -2.64. The van der Waals surface area contributed by atoms with Crippen molar-refractivity contribution in [3.05, 3.63) is 18.3 Å². The fraction of sp³-hybridized carbons (Fsp3) is 0.579. The van der Waals surface area contributed by atoms with Crippen molar-refractivity contribution < 1.29 is 14.4 Å². The molecule has 1 saturated heterocycles. The highest BCUT2D eigenvalue weighted by atomic mass is 16.2. The standard InChI is InChI=1S/C19H27N5O3/c1-4-13-7-9-19(10-8-13)17(26)24(18(27)22-19)12-16(25)21-14-5-6-15(20-11-14)23(2)3/h5-6,11,13H,4,7-10,12H2,1-3H3,(H,21,25)(H,22,27). The molecule has 8 nitrogen and oxygen atoms in total. The summed E-state index contributed by atoms with van der Waals surface area (Å²) in [6, 6.07) is 3.04. The normalized spacial score (nSPS) is 24.9. The van der Waals surface area contributed by atoms with Gasteiger partial charge in [0.05, 0.1) is 11.9 Å². The molecule has 4 amide bonds. The molecule has 0 unspecified atom stereocenters. The van der Waals surface area contributed by atoms with Crippen LogP contribution in [0.5, 0.6) is 0 Å². The molecule has 0 atom stereocenters. The summed E-state index contributed by atoms with van der Waals surface area (Å²) in [5.41, 5.74) is -0.298. The molecule has 2 fully saturated rings. The van der Waals surface area contributed by atoms with Gasteiger partial charge in [-0.15, -0.1) is 0 Å². The Kier molecular flexibility index (Phi) is 5.34. The van der Waals surface area contributed by atoms with Crippen molar-refractivity contribution in [1.82, 2.24) is 15.2 Å². The molecule has 2 aliphatic rings. The summed E-state index contributed by atoms with van der Waals surface area (Å²) in [6.07, 6.45) is 5.77. The summed E-state index contributed by atoms with van der Waals surface area (Å²) in [5, 5.41) is 5.53. The molecule has 0 radical (unpaired) electrons. The van der Waals surface area contributed by atoms with Crippen LogP contribution in [-0.4, -0.2) is 53.9 Å². The topological polar surface area (TPSA) is 94.6 Å². The maximum Gasteiger partial charge on any atom is 0.325 e. The molecule has 1 spiro atoms. The maximum absolute atomic E-state index is 12.8. The van der Waals surface area contributed by atoms with E-state index in [-0.39, 0.29) is 12.5 Å². The maximum atomic E-state index is 12.8. The quantitative estimate of drug-likeness (QED) is 0.770. The first-order chi connectivity index (χ1) is 12.8. The highest BCUT2D eigenvalue weighted by Crippen LogP contribution is 2.37. The molecule has 1 aromatic rings. The molecule has 1 saturated carbocycles. The predicted molar refractivity (Wildman–Crippen MR) is 102 cm³/mol. The highest BCUT2D eigenvalue weighted by molar-refractivity contribution is 6.10. The fourth-order valence-electron chi connectivity index (χ4n) is 3.81. The molecule has 8 heteroatoms. The van der Waals surface area contributed by atoms with Crippen LogP contribution in [0, 0.1) is 5.92 Å². The minimum atomic E-state index is -0.821. The number of hydrogen-bond acceptors (Lipinski definition) is 5. The lowest BCUT2D eigenvalue weighted by Gasteiger charge is -2.34. The first kappa shape index (κ1) is 19.1. The van der Waals surface area contributed by atoms with Crippen molar-refractivity contribution in [1.29, 1.82) is 0 Å². The van der Waals surface area contributed by atoms with E-state index in [2.05, 4.69) is 22.5 Å². The number of anilines is 2. The Morgan fingerprint density at radius 3 is 2.59 bits per heavy atom. The molecular formula is C19H27N5O3. The third kappa shape index (κ3) is 3.89. The average molecular weight is 373 g/mol. The first-order valence-corrected chi connectivity index (χ1v) is 9.42. The number of pyridine rings is 1. The van der Waals surface area contributed by atoms with Crippen LogP contribution in [0.2, 0.25) is 0 Å². The van der Waals surface area contributed by atoms with Crippen LogP contribution >= 0.6 is 0 Å². The van der Waals surface area contributed by atoms with E-state index in [9.17, 15) is 14.4 Å². The van der Waals surface area contributed by atoms with Crippen LogP contribution in [0.25, 0.3) is 0 Å². The summed E-state index contributed by atoms with van der Waals surface area (Å²) in [6.45, 7) is 1.85. The van der Waals surface area contributed by atoms with Gasteiger partial charge in [0.1, 0.15) is 17.9 Å². The van der Waals surface area contributed by atoms with Crippen molar-refractivity contribution in [2.75, 3.05) is 30.9 Å². The largest absolute Gasteiger partial charge is 0.363 e. The monoisotopic (exact) mass is 373 g/mol. The van der Waals surface area contributed by atoms with Crippen molar-refractivity contribution >= 4 is 29.4 Å². The van der Waals surface area contributed by atoms with E-state index in [0.29, 0.717) is 24.4 Å². The molecule has 0 bridgehead atoms. The minimum Gasteiger partial charge on any atom is -0.363 e. The average Bonchev–Trinajstić information content (AvgIpc) is 2.87. The van der Waals surface area contributed by atoms with Crippen molar-refractivity contribution in [2.45, 2.75) is 44.6 Å². The van der Waals surface area contributed by atoms with Gasteiger partial charge in [-0.3, -0.25) is 14.5 Å². The number of imide groups is 1. The smallest absolute Gasteiger partial charge is 0.325 e. The number of nitrogens with one attached hydrogen (secondary N) is 2. The van der Waals surface area contributed by atoms with Gasteiger partial charge < -0.3 is 15.5 Å². The molecule has 1 aromatic heterocycles. The van der Waals surface area contributed by atoms with Gasteiger partial charge in [-0.25, -0.2) is 9.78 Å². The van der Waals surface area contributed by atoms with E-state index >= 15 is 0 Å². The van der Waals surface area contributed by atoms with E-state index in [0.717, 1.165) is 30.0 Å². The lowest BCUT2D eigenvalue weighted by molar-refractivity contribution is -0.135. The summed E-state index contributed by atoms with van der Waals surface area (Å²) in [5.74, 6) is 0.678. The Morgan fingerprint density at radius 2 is 2.04 bits per heavy atom. The molecule has 27 heavy (non-hydrogen) atoms. The third-order valence-electron chi connectivity index (χ3n) is 5.57. The van der Waals surface area contributed by atoms with Gasteiger partial charge >= 0.3 is 6.03 Å². The van der Waals surface area contributed by atoms with Gasteiger partial charge in [0.25, 0.3) is 5.91 Å². The summed E-state index contributed by atoms with van der Waals surface area (Å²) >= 11 is 0. The third-order valence-corrected chi connectivity index (χ3v) is 5.57. The molecule has 1 aliphatic heterocycles. The number of amides is 4. The Labute approximate surface area is 159 Å². The zero-order valence-electron chi connectivity index (χ0n) is 16.1. The molecular weight excluding hydrogens is 346 g/mol. The summed E-state index contributed by atoms with van der Waals surface area (Å²) < 4.78 is 0. The second kappa shape index (κ2) is 7.54. The zero-order valence-corrected chi connectivity index (χ0v) is 16.1. The number of urea groups is 1. The lowest BCUT2D eigenvalue weighted by Crippen LogP contribution is -2.49. The van der Waals surface area contributed by atoms with Gasteiger partial charge in [0.2, 0.25) is 5.91 Å². The van der Waals surface area contributed by atoms with E-state index in [1.165, 1.54) is 0 Å². The van der Waals surface area contributed by atoms with Gasteiger partial charge in [-0.1, -0.05) is 13.3 Å².